The third-order valence-electron chi connectivity index (χ3n) is 8.07. The van der Waals surface area contributed by atoms with Crippen LogP contribution in [0.1, 0.15) is 46.0 Å². The van der Waals surface area contributed by atoms with Gasteiger partial charge in [0.25, 0.3) is 0 Å². The van der Waals surface area contributed by atoms with E-state index in [4.69, 9.17) is 0 Å². The predicted molar refractivity (Wildman–Crippen MR) is 141 cm³/mol. The minimum atomic E-state index is -3.31. The van der Waals surface area contributed by atoms with E-state index >= 15 is 0 Å². The summed E-state index contributed by atoms with van der Waals surface area (Å²) in [6.45, 7) is 3.63. The highest BCUT2D eigenvalue weighted by atomic mass is 32.2. The molecule has 0 aromatic heterocycles. The molecular formula is C27H31F2N3O5S. The summed E-state index contributed by atoms with van der Waals surface area (Å²) in [4.78, 5) is 28.2. The van der Waals surface area contributed by atoms with E-state index < -0.39 is 34.1 Å². The molecule has 2 heterocycles. The number of nitrogens with zero attached hydrogens (tertiary/aromatic N) is 3. The van der Waals surface area contributed by atoms with Crippen molar-refractivity contribution in [1.82, 2.24) is 0 Å². The molecule has 204 valence electrons. The number of sulfonamides is 1. The lowest BCUT2D eigenvalue weighted by Crippen LogP contribution is -2.61. The van der Waals surface area contributed by atoms with Crippen LogP contribution in [0.3, 0.4) is 0 Å². The van der Waals surface area contributed by atoms with Gasteiger partial charge in [-0.05, 0) is 67.5 Å². The molecule has 2 atom stereocenters. The first-order chi connectivity index (χ1) is 17.9. The van der Waals surface area contributed by atoms with Crippen molar-refractivity contribution in [3.8, 4) is 11.1 Å². The van der Waals surface area contributed by atoms with Crippen molar-refractivity contribution in [3.63, 3.8) is 0 Å². The maximum absolute atomic E-state index is 13.9. The number of halogens is 2. The molecule has 2 fully saturated rings. The van der Waals surface area contributed by atoms with Gasteiger partial charge in [0.1, 0.15) is 0 Å². The Morgan fingerprint density at radius 2 is 1.61 bits per heavy atom. The fraction of sp³-hybridized carbons (Fsp3) is 0.481. The lowest BCUT2D eigenvalue weighted by molar-refractivity contribution is -0.117. The number of amides is 2. The van der Waals surface area contributed by atoms with Crippen LogP contribution in [0.4, 0.5) is 30.6 Å². The number of carbonyl (C=O) groups excluding carboxylic acids is 1. The number of hydrogen-bond acceptors (Lipinski definition) is 4. The van der Waals surface area contributed by atoms with Gasteiger partial charge in [-0.2, -0.15) is 0 Å². The summed E-state index contributed by atoms with van der Waals surface area (Å²) in [7, 11) is -3.31. The summed E-state index contributed by atoms with van der Waals surface area (Å²) in [5, 5.41) is 10.3. The Kier molecular flexibility index (Phi) is 6.61. The predicted octanol–water partition coefficient (Wildman–Crippen LogP) is 5.33. The van der Waals surface area contributed by atoms with E-state index in [1.165, 1.54) is 16.1 Å². The number of fused-ring (bicyclic) bond motifs is 1. The van der Waals surface area contributed by atoms with Crippen molar-refractivity contribution >= 4 is 39.1 Å². The van der Waals surface area contributed by atoms with E-state index in [0.717, 1.165) is 5.56 Å². The van der Waals surface area contributed by atoms with Gasteiger partial charge < -0.3 is 10.0 Å². The molecule has 0 radical (unpaired) electrons. The smallest absolute Gasteiger partial charge is 0.412 e. The highest BCUT2D eigenvalue weighted by Gasteiger charge is 2.48. The van der Waals surface area contributed by atoms with E-state index in [1.54, 1.807) is 54.3 Å². The molecule has 1 saturated carbocycles. The molecule has 1 saturated heterocycles. The van der Waals surface area contributed by atoms with Gasteiger partial charge in [-0.1, -0.05) is 18.2 Å². The van der Waals surface area contributed by atoms with Crippen LogP contribution in [0.15, 0.2) is 42.5 Å². The quantitative estimate of drug-likeness (QED) is 0.560. The molecule has 0 spiro atoms. The molecule has 11 heteroatoms. The number of rotatable bonds is 3. The van der Waals surface area contributed by atoms with Crippen LogP contribution < -0.4 is 14.1 Å². The first-order valence-electron chi connectivity index (χ1n) is 12.8. The van der Waals surface area contributed by atoms with Crippen molar-refractivity contribution in [2.75, 3.05) is 26.4 Å². The lowest BCUT2D eigenvalue weighted by atomic mass is 9.77. The molecule has 2 amide bonds. The van der Waals surface area contributed by atoms with Crippen molar-refractivity contribution in [2.24, 2.45) is 5.92 Å². The topological polar surface area (TPSA) is 98.2 Å². The van der Waals surface area contributed by atoms with Gasteiger partial charge >= 0.3 is 6.09 Å². The Hall–Kier alpha value is -3.21. The molecule has 38 heavy (non-hydrogen) atoms. The number of anilines is 3. The maximum Gasteiger partial charge on any atom is 0.412 e. The summed E-state index contributed by atoms with van der Waals surface area (Å²) < 4.78 is 53.8. The Balaban J connectivity index is 1.54. The van der Waals surface area contributed by atoms with Crippen LogP contribution in [0, 0.1) is 5.92 Å². The number of carbonyl (C=O) groups is 2. The first kappa shape index (κ1) is 26.4. The van der Waals surface area contributed by atoms with Crippen molar-refractivity contribution < 1.29 is 31.9 Å². The van der Waals surface area contributed by atoms with Crippen molar-refractivity contribution in [3.05, 3.63) is 42.5 Å². The third-order valence-corrected chi connectivity index (χ3v) is 9.94. The molecule has 5 rings (SSSR count). The normalized spacial score (nSPS) is 24.8. The number of alkyl halides is 2. The van der Waals surface area contributed by atoms with Crippen LogP contribution in [0.25, 0.3) is 11.1 Å². The fourth-order valence-electron chi connectivity index (χ4n) is 6.29. The van der Waals surface area contributed by atoms with Gasteiger partial charge in [0.05, 0.1) is 34.9 Å². The Morgan fingerprint density at radius 1 is 0.974 bits per heavy atom. The average Bonchev–Trinajstić information content (AvgIpc) is 3.21. The molecule has 8 nitrogen and oxygen atoms in total. The second-order valence-electron chi connectivity index (χ2n) is 10.5. The molecule has 2 aromatic carbocycles. The standard InChI is InChI=1S/C27H31F2N3O5S/c1-17-25(20-10-12-27(28,29)13-11-20)32(26(34)35)24-16-21(6-9-23(24)31(17)18(2)33)19-4-7-22(8-5-19)30-14-3-15-38(30,36)37/h4-9,16-17,20,25H,3,10-15H2,1-2H3,(H,34,35)/t17-,25?/m0/s1. The number of carboxylic acid groups (broad SMARTS) is 1. The maximum atomic E-state index is 13.9. The summed E-state index contributed by atoms with van der Waals surface area (Å²) in [5.41, 5.74) is 2.80. The third kappa shape index (κ3) is 4.61. The van der Waals surface area contributed by atoms with Crippen molar-refractivity contribution in [2.45, 2.75) is 64.0 Å². The zero-order chi connectivity index (χ0) is 27.4. The van der Waals surface area contributed by atoms with Crippen LogP contribution in [0.2, 0.25) is 0 Å². The van der Waals surface area contributed by atoms with Gasteiger partial charge in [-0.3, -0.25) is 14.0 Å². The van der Waals surface area contributed by atoms with Crippen molar-refractivity contribution in [1.29, 1.82) is 0 Å². The van der Waals surface area contributed by atoms with Gasteiger partial charge in [0, 0.05) is 26.3 Å². The summed E-state index contributed by atoms with van der Waals surface area (Å²) >= 11 is 0. The Labute approximate surface area is 220 Å². The summed E-state index contributed by atoms with van der Waals surface area (Å²) in [6, 6.07) is 11.0. The SMILES string of the molecule is CC(=O)N1c2ccc(-c3ccc(N4CCCS4(=O)=O)cc3)cc2N(C(=O)O)C(C2CCC(F)(F)CC2)[C@@H]1C. The Bertz CT molecular complexity index is 1360. The van der Waals surface area contributed by atoms with Crippen LogP contribution in [-0.2, 0) is 14.8 Å². The van der Waals surface area contributed by atoms with E-state index in [9.17, 15) is 31.9 Å². The number of hydrogen-bond donors (Lipinski definition) is 1. The minimum absolute atomic E-state index is 0.121. The van der Waals surface area contributed by atoms with Crippen LogP contribution in [-0.4, -0.2) is 55.8 Å². The van der Waals surface area contributed by atoms with E-state index in [-0.39, 0.29) is 43.3 Å². The molecular weight excluding hydrogens is 516 g/mol. The van der Waals surface area contributed by atoms with Crippen LogP contribution in [0.5, 0.6) is 0 Å². The molecule has 1 aliphatic carbocycles. The van der Waals surface area contributed by atoms with Gasteiger partial charge in [0.2, 0.25) is 21.9 Å². The second kappa shape index (κ2) is 9.52. The van der Waals surface area contributed by atoms with E-state index in [2.05, 4.69) is 0 Å². The molecule has 1 N–H and O–H groups in total. The second-order valence-corrected chi connectivity index (χ2v) is 12.5. The monoisotopic (exact) mass is 547 g/mol. The highest BCUT2D eigenvalue weighted by molar-refractivity contribution is 7.93. The van der Waals surface area contributed by atoms with Gasteiger partial charge in [-0.25, -0.2) is 22.0 Å². The van der Waals surface area contributed by atoms with E-state index in [1.807, 2.05) is 0 Å². The summed E-state index contributed by atoms with van der Waals surface area (Å²) in [5.74, 6) is -3.20. The molecule has 3 aliphatic rings. The minimum Gasteiger partial charge on any atom is -0.465 e. The lowest BCUT2D eigenvalue weighted by Gasteiger charge is -2.49. The Morgan fingerprint density at radius 3 is 2.16 bits per heavy atom. The molecule has 2 aliphatic heterocycles. The summed E-state index contributed by atoms with van der Waals surface area (Å²) in [6.07, 6.45) is -0.887. The highest BCUT2D eigenvalue weighted by Crippen LogP contribution is 2.47. The largest absolute Gasteiger partial charge is 0.465 e. The molecule has 2 aromatic rings. The zero-order valence-corrected chi connectivity index (χ0v) is 22.1. The number of benzene rings is 2. The van der Waals surface area contributed by atoms with Crippen LogP contribution >= 0.6 is 0 Å². The zero-order valence-electron chi connectivity index (χ0n) is 21.3. The van der Waals surface area contributed by atoms with E-state index in [0.29, 0.717) is 35.6 Å². The van der Waals surface area contributed by atoms with Gasteiger partial charge in [-0.15, -0.1) is 0 Å². The van der Waals surface area contributed by atoms with Gasteiger partial charge in [0.15, 0.2) is 0 Å². The molecule has 0 bridgehead atoms. The first-order valence-corrected chi connectivity index (χ1v) is 14.5. The average molecular weight is 548 g/mol. The molecule has 1 unspecified atom stereocenters. The fourth-order valence-corrected chi connectivity index (χ4v) is 7.86.